The van der Waals surface area contributed by atoms with E-state index >= 15 is 0 Å². The molecule has 0 aromatic rings. The number of carboxylic acids is 1. The molecule has 2 rings (SSSR count). The van der Waals surface area contributed by atoms with Crippen LogP contribution >= 0.6 is 0 Å². The van der Waals surface area contributed by atoms with Crippen LogP contribution in [0.2, 0.25) is 0 Å². The number of hydrogen-bond acceptors (Lipinski definition) is 3. The van der Waals surface area contributed by atoms with Crippen LogP contribution in [0.3, 0.4) is 0 Å². The van der Waals surface area contributed by atoms with Crippen molar-refractivity contribution in [2.75, 3.05) is 13.1 Å². The Morgan fingerprint density at radius 1 is 1.36 bits per heavy atom. The van der Waals surface area contributed by atoms with Gasteiger partial charge in [-0.05, 0) is 18.8 Å². The van der Waals surface area contributed by atoms with Crippen LogP contribution in [0.5, 0.6) is 0 Å². The molecule has 1 saturated carbocycles. The van der Waals surface area contributed by atoms with E-state index in [-0.39, 0.29) is 17.7 Å². The molecule has 1 aliphatic heterocycles. The number of carbonyl (C=O) groups is 2. The third kappa shape index (κ3) is 1.87. The average Bonchev–Trinajstić information content (AvgIpc) is 2.78. The fourth-order valence-corrected chi connectivity index (χ4v) is 1.56. The number of hydrogen-bond donors (Lipinski definition) is 3. The number of aliphatic carboxylic acids is 1. The topological polar surface area (TPSA) is 78.4 Å². The maximum absolute atomic E-state index is 11.5. The molecular weight excluding hydrogens is 184 g/mol. The molecule has 0 aromatic carbocycles. The Hall–Kier alpha value is -1.10. The van der Waals surface area contributed by atoms with Gasteiger partial charge in [-0.25, -0.2) is 4.79 Å². The van der Waals surface area contributed by atoms with E-state index in [9.17, 15) is 9.59 Å². The van der Waals surface area contributed by atoms with E-state index in [4.69, 9.17) is 5.11 Å². The van der Waals surface area contributed by atoms with Crippen molar-refractivity contribution >= 4 is 11.9 Å². The van der Waals surface area contributed by atoms with E-state index in [1.807, 2.05) is 0 Å². The minimum atomic E-state index is -0.909. The fourth-order valence-electron chi connectivity index (χ4n) is 1.56. The van der Waals surface area contributed by atoms with E-state index in [2.05, 4.69) is 10.6 Å². The lowest BCUT2D eigenvalue weighted by molar-refractivity contribution is -0.143. The highest BCUT2D eigenvalue weighted by Gasteiger charge is 2.38. The molecule has 1 unspecified atom stereocenters. The maximum Gasteiger partial charge on any atom is 0.326 e. The quantitative estimate of drug-likeness (QED) is 0.552. The van der Waals surface area contributed by atoms with Gasteiger partial charge in [0.25, 0.3) is 0 Å². The van der Waals surface area contributed by atoms with Gasteiger partial charge in [-0.2, -0.15) is 0 Å². The Balaban J connectivity index is 1.86. The Morgan fingerprint density at radius 2 is 2.00 bits per heavy atom. The summed E-state index contributed by atoms with van der Waals surface area (Å²) in [7, 11) is 0. The van der Waals surface area contributed by atoms with Crippen LogP contribution in [0.25, 0.3) is 0 Å². The molecule has 1 aliphatic carbocycles. The monoisotopic (exact) mass is 198 g/mol. The summed E-state index contributed by atoms with van der Waals surface area (Å²) in [5, 5.41) is 14.5. The van der Waals surface area contributed by atoms with Gasteiger partial charge >= 0.3 is 5.97 Å². The van der Waals surface area contributed by atoms with Crippen LogP contribution in [-0.4, -0.2) is 36.1 Å². The number of rotatable bonds is 4. The van der Waals surface area contributed by atoms with Crippen molar-refractivity contribution in [1.29, 1.82) is 0 Å². The lowest BCUT2D eigenvalue weighted by atomic mass is 10.0. The van der Waals surface area contributed by atoms with Gasteiger partial charge < -0.3 is 15.7 Å². The minimum Gasteiger partial charge on any atom is -0.480 e. The van der Waals surface area contributed by atoms with Crippen LogP contribution in [0.15, 0.2) is 0 Å². The van der Waals surface area contributed by atoms with Gasteiger partial charge in [0, 0.05) is 13.1 Å². The van der Waals surface area contributed by atoms with Gasteiger partial charge in [-0.3, -0.25) is 4.79 Å². The molecule has 1 amide bonds. The lowest BCUT2D eigenvalue weighted by Gasteiger charge is -2.27. The van der Waals surface area contributed by atoms with Crippen molar-refractivity contribution in [3.63, 3.8) is 0 Å². The van der Waals surface area contributed by atoms with E-state index < -0.39 is 12.0 Å². The molecular formula is C9H14N2O3. The highest BCUT2D eigenvalue weighted by Crippen LogP contribution is 2.32. The average molecular weight is 198 g/mol. The number of carboxylic acid groups (broad SMARTS) is 1. The summed E-state index contributed by atoms with van der Waals surface area (Å²) in [4.78, 5) is 22.3. The first-order valence-corrected chi connectivity index (χ1v) is 4.92. The lowest BCUT2D eigenvalue weighted by Crippen LogP contribution is -2.54. The van der Waals surface area contributed by atoms with Gasteiger partial charge in [-0.1, -0.05) is 0 Å². The standard InChI is InChI=1S/C9H14N2O3/c12-8(6-3-10-4-6)11-7(9(13)14)5-1-2-5/h5-7,10H,1-4H2,(H,11,12)(H,13,14). The first-order chi connectivity index (χ1) is 6.68. The van der Waals surface area contributed by atoms with Crippen LogP contribution in [0, 0.1) is 11.8 Å². The zero-order valence-corrected chi connectivity index (χ0v) is 7.82. The normalized spacial score (nSPS) is 23.7. The van der Waals surface area contributed by atoms with Crippen molar-refractivity contribution in [2.45, 2.75) is 18.9 Å². The molecule has 0 radical (unpaired) electrons. The predicted octanol–water partition coefficient (Wildman–Crippen LogP) is -0.815. The summed E-state index contributed by atoms with van der Waals surface area (Å²) in [6, 6.07) is -0.664. The number of carbonyl (C=O) groups excluding carboxylic acids is 1. The molecule has 2 aliphatic rings. The summed E-state index contributed by atoms with van der Waals surface area (Å²) >= 11 is 0. The number of nitrogens with one attached hydrogen (secondary N) is 2. The van der Waals surface area contributed by atoms with Crippen molar-refractivity contribution in [2.24, 2.45) is 11.8 Å². The zero-order chi connectivity index (χ0) is 10.1. The van der Waals surface area contributed by atoms with E-state index in [1.165, 1.54) is 0 Å². The molecule has 1 atom stereocenters. The molecule has 1 heterocycles. The van der Waals surface area contributed by atoms with Gasteiger partial charge in [0.15, 0.2) is 0 Å². The molecule has 0 spiro atoms. The van der Waals surface area contributed by atoms with Gasteiger partial charge in [0.1, 0.15) is 6.04 Å². The first kappa shape index (κ1) is 9.45. The molecule has 5 nitrogen and oxygen atoms in total. The Kier molecular flexibility index (Phi) is 2.41. The van der Waals surface area contributed by atoms with Crippen molar-refractivity contribution < 1.29 is 14.7 Å². The summed E-state index contributed by atoms with van der Waals surface area (Å²) in [5.41, 5.74) is 0. The second-order valence-corrected chi connectivity index (χ2v) is 4.02. The van der Waals surface area contributed by atoms with Crippen LogP contribution in [-0.2, 0) is 9.59 Å². The highest BCUT2D eigenvalue weighted by atomic mass is 16.4. The van der Waals surface area contributed by atoms with Crippen LogP contribution < -0.4 is 10.6 Å². The minimum absolute atomic E-state index is 0.0319. The maximum atomic E-state index is 11.5. The van der Waals surface area contributed by atoms with Crippen molar-refractivity contribution in [3.8, 4) is 0 Å². The van der Waals surface area contributed by atoms with Gasteiger partial charge in [0.05, 0.1) is 5.92 Å². The first-order valence-electron chi connectivity index (χ1n) is 4.92. The summed E-state index contributed by atoms with van der Waals surface area (Å²) < 4.78 is 0. The molecule has 14 heavy (non-hydrogen) atoms. The van der Waals surface area contributed by atoms with Crippen molar-refractivity contribution in [1.82, 2.24) is 10.6 Å². The SMILES string of the molecule is O=C(NC(C(=O)O)C1CC1)C1CNC1. The molecule has 1 saturated heterocycles. The second-order valence-electron chi connectivity index (χ2n) is 4.02. The molecule has 2 fully saturated rings. The van der Waals surface area contributed by atoms with Gasteiger partial charge in [-0.15, -0.1) is 0 Å². The summed E-state index contributed by atoms with van der Waals surface area (Å²) in [5.74, 6) is -0.906. The Morgan fingerprint density at radius 3 is 2.36 bits per heavy atom. The number of amides is 1. The smallest absolute Gasteiger partial charge is 0.326 e. The molecule has 3 N–H and O–H groups in total. The van der Waals surface area contributed by atoms with Crippen molar-refractivity contribution in [3.05, 3.63) is 0 Å². The Bertz CT molecular complexity index is 259. The largest absolute Gasteiger partial charge is 0.480 e. The van der Waals surface area contributed by atoms with Gasteiger partial charge in [0.2, 0.25) is 5.91 Å². The molecule has 0 aromatic heterocycles. The third-order valence-corrected chi connectivity index (χ3v) is 2.81. The summed E-state index contributed by atoms with van der Waals surface area (Å²) in [6.07, 6.45) is 1.83. The molecule has 78 valence electrons. The zero-order valence-electron chi connectivity index (χ0n) is 7.82. The molecule has 0 bridgehead atoms. The summed E-state index contributed by atoms with van der Waals surface area (Å²) in [6.45, 7) is 1.34. The van der Waals surface area contributed by atoms with E-state index in [0.29, 0.717) is 13.1 Å². The van der Waals surface area contributed by atoms with Crippen LogP contribution in [0.1, 0.15) is 12.8 Å². The third-order valence-electron chi connectivity index (χ3n) is 2.81. The Labute approximate surface area is 81.9 Å². The van der Waals surface area contributed by atoms with Crippen LogP contribution in [0.4, 0.5) is 0 Å². The van der Waals surface area contributed by atoms with E-state index in [0.717, 1.165) is 12.8 Å². The predicted molar refractivity (Wildman–Crippen MR) is 48.7 cm³/mol. The fraction of sp³-hybridized carbons (Fsp3) is 0.778. The van der Waals surface area contributed by atoms with E-state index in [1.54, 1.807) is 0 Å². The second kappa shape index (κ2) is 3.57. The highest BCUT2D eigenvalue weighted by molar-refractivity contribution is 5.86. The molecule has 5 heteroatoms.